The number of aromatic nitrogens is 1. The summed E-state index contributed by atoms with van der Waals surface area (Å²) in [5.74, 6) is -0.405. The van der Waals surface area contributed by atoms with Gasteiger partial charge in [-0.2, -0.15) is 0 Å². The van der Waals surface area contributed by atoms with Gasteiger partial charge < -0.3 is 15.4 Å². The van der Waals surface area contributed by atoms with E-state index in [1.54, 1.807) is 37.3 Å². The SMILES string of the molecule is Cc1cc(C(=O)NCC(O)c2ccc(Cl)cc2)cc(=O)[nH]1. The molecule has 1 atom stereocenters. The molecule has 110 valence electrons. The summed E-state index contributed by atoms with van der Waals surface area (Å²) in [4.78, 5) is 25.8. The molecule has 2 aromatic rings. The van der Waals surface area contributed by atoms with E-state index in [4.69, 9.17) is 11.6 Å². The highest BCUT2D eigenvalue weighted by molar-refractivity contribution is 6.30. The predicted octanol–water partition coefficient (Wildman–Crippen LogP) is 1.80. The van der Waals surface area contributed by atoms with Gasteiger partial charge in [0.2, 0.25) is 5.56 Å². The van der Waals surface area contributed by atoms with Gasteiger partial charge >= 0.3 is 0 Å². The Kier molecular flexibility index (Phi) is 4.77. The van der Waals surface area contributed by atoms with Crippen LogP contribution in [0.3, 0.4) is 0 Å². The molecule has 1 aromatic heterocycles. The molecular weight excluding hydrogens is 292 g/mol. The van der Waals surface area contributed by atoms with Crippen molar-refractivity contribution in [2.75, 3.05) is 6.54 Å². The van der Waals surface area contributed by atoms with Crippen LogP contribution in [0, 0.1) is 6.92 Å². The first-order valence-corrected chi connectivity index (χ1v) is 6.76. The molecule has 0 fully saturated rings. The van der Waals surface area contributed by atoms with Crippen LogP contribution in [0.4, 0.5) is 0 Å². The number of aromatic amines is 1. The molecule has 3 N–H and O–H groups in total. The third-order valence-electron chi connectivity index (χ3n) is 2.95. The molecular formula is C15H15ClN2O3. The zero-order chi connectivity index (χ0) is 15.4. The van der Waals surface area contributed by atoms with Crippen LogP contribution in [0.1, 0.15) is 27.7 Å². The summed E-state index contributed by atoms with van der Waals surface area (Å²) in [5, 5.41) is 13.2. The van der Waals surface area contributed by atoms with Crippen LogP contribution < -0.4 is 10.9 Å². The van der Waals surface area contributed by atoms with Crippen LogP contribution in [-0.4, -0.2) is 22.5 Å². The zero-order valence-electron chi connectivity index (χ0n) is 11.4. The molecule has 1 aromatic carbocycles. The maximum atomic E-state index is 11.9. The van der Waals surface area contributed by atoms with Gasteiger partial charge in [0.05, 0.1) is 6.10 Å². The highest BCUT2D eigenvalue weighted by atomic mass is 35.5. The lowest BCUT2D eigenvalue weighted by Gasteiger charge is -2.12. The Bertz CT molecular complexity index is 695. The van der Waals surface area contributed by atoms with Crippen LogP contribution in [0.15, 0.2) is 41.2 Å². The Hall–Kier alpha value is -2.11. The quantitative estimate of drug-likeness (QED) is 0.805. The van der Waals surface area contributed by atoms with Gasteiger partial charge in [-0.25, -0.2) is 0 Å². The molecule has 21 heavy (non-hydrogen) atoms. The van der Waals surface area contributed by atoms with Crippen molar-refractivity contribution in [1.82, 2.24) is 10.3 Å². The van der Waals surface area contributed by atoms with Crippen molar-refractivity contribution in [3.8, 4) is 0 Å². The molecule has 0 aliphatic heterocycles. The summed E-state index contributed by atoms with van der Waals surface area (Å²) < 4.78 is 0. The second kappa shape index (κ2) is 6.56. The predicted molar refractivity (Wildman–Crippen MR) is 80.5 cm³/mol. The number of aliphatic hydroxyl groups is 1. The van der Waals surface area contributed by atoms with Gasteiger partial charge in [-0.15, -0.1) is 0 Å². The number of hydrogen-bond acceptors (Lipinski definition) is 3. The summed E-state index contributed by atoms with van der Waals surface area (Å²) in [6, 6.07) is 9.51. The van der Waals surface area contributed by atoms with Crippen LogP contribution in [0.2, 0.25) is 5.02 Å². The number of hydrogen-bond donors (Lipinski definition) is 3. The summed E-state index contributed by atoms with van der Waals surface area (Å²) in [7, 11) is 0. The number of rotatable bonds is 4. The van der Waals surface area contributed by atoms with Crippen LogP contribution in [0.5, 0.6) is 0 Å². The number of aliphatic hydroxyl groups excluding tert-OH is 1. The molecule has 0 aliphatic carbocycles. The van der Waals surface area contributed by atoms with E-state index in [0.717, 1.165) is 0 Å². The standard InChI is InChI=1S/C15H15ClN2O3/c1-9-6-11(7-14(20)18-9)15(21)17-8-13(19)10-2-4-12(16)5-3-10/h2-7,13,19H,8H2,1H3,(H,17,21)(H,18,20). The number of benzene rings is 1. The number of aryl methyl sites for hydroxylation is 1. The van der Waals surface area contributed by atoms with Gasteiger partial charge in [0.1, 0.15) is 0 Å². The summed E-state index contributed by atoms with van der Waals surface area (Å²) in [6.45, 7) is 1.74. The first kappa shape index (κ1) is 15.3. The molecule has 0 aliphatic rings. The van der Waals surface area contributed by atoms with Crippen molar-refractivity contribution in [2.24, 2.45) is 0 Å². The van der Waals surface area contributed by atoms with Gasteiger partial charge in [-0.1, -0.05) is 23.7 Å². The minimum absolute atomic E-state index is 0.0479. The largest absolute Gasteiger partial charge is 0.387 e. The van der Waals surface area contributed by atoms with E-state index in [9.17, 15) is 14.7 Å². The lowest BCUT2D eigenvalue weighted by atomic mass is 10.1. The number of halogens is 1. The summed E-state index contributed by atoms with van der Waals surface area (Å²) in [5.41, 5.74) is 1.19. The molecule has 0 saturated carbocycles. The van der Waals surface area contributed by atoms with E-state index in [-0.39, 0.29) is 17.7 Å². The molecule has 6 heteroatoms. The molecule has 1 unspecified atom stereocenters. The van der Waals surface area contributed by atoms with Gasteiger partial charge in [0.25, 0.3) is 5.91 Å². The highest BCUT2D eigenvalue weighted by Crippen LogP contribution is 2.15. The minimum Gasteiger partial charge on any atom is -0.387 e. The molecule has 0 saturated heterocycles. The Labute approximate surface area is 126 Å². The van der Waals surface area contributed by atoms with Gasteiger partial charge in [-0.3, -0.25) is 9.59 Å². The topological polar surface area (TPSA) is 82.2 Å². The smallest absolute Gasteiger partial charge is 0.251 e. The second-order valence-electron chi connectivity index (χ2n) is 4.69. The third-order valence-corrected chi connectivity index (χ3v) is 3.20. The van der Waals surface area contributed by atoms with E-state index in [1.807, 2.05) is 0 Å². The fourth-order valence-corrected chi connectivity index (χ4v) is 2.03. The number of H-pyrrole nitrogens is 1. The van der Waals surface area contributed by atoms with Crippen LogP contribution in [0.25, 0.3) is 0 Å². The molecule has 0 bridgehead atoms. The van der Waals surface area contributed by atoms with E-state index >= 15 is 0 Å². The first-order valence-electron chi connectivity index (χ1n) is 6.38. The highest BCUT2D eigenvalue weighted by Gasteiger charge is 2.11. The molecule has 0 radical (unpaired) electrons. The lowest BCUT2D eigenvalue weighted by Crippen LogP contribution is -2.29. The Morgan fingerprint density at radius 1 is 1.33 bits per heavy atom. The Morgan fingerprint density at radius 3 is 2.62 bits per heavy atom. The maximum Gasteiger partial charge on any atom is 0.251 e. The van der Waals surface area contributed by atoms with E-state index in [0.29, 0.717) is 16.3 Å². The monoisotopic (exact) mass is 306 g/mol. The minimum atomic E-state index is -0.839. The molecule has 1 heterocycles. The molecule has 1 amide bonds. The third kappa shape index (κ3) is 4.18. The first-order chi connectivity index (χ1) is 9.95. The van der Waals surface area contributed by atoms with Crippen molar-refractivity contribution in [2.45, 2.75) is 13.0 Å². The number of carbonyl (C=O) groups excluding carboxylic acids is 1. The van der Waals surface area contributed by atoms with Crippen molar-refractivity contribution >= 4 is 17.5 Å². The average molecular weight is 307 g/mol. The van der Waals surface area contributed by atoms with Crippen molar-refractivity contribution in [1.29, 1.82) is 0 Å². The van der Waals surface area contributed by atoms with Crippen LogP contribution >= 0.6 is 11.6 Å². The Morgan fingerprint density at radius 2 is 2.00 bits per heavy atom. The molecule has 0 spiro atoms. The van der Waals surface area contributed by atoms with Crippen molar-refractivity contribution in [3.05, 3.63) is 68.6 Å². The Balaban J connectivity index is 2.00. The van der Waals surface area contributed by atoms with Gasteiger partial charge in [-0.05, 0) is 30.7 Å². The number of pyridine rings is 1. The normalized spacial score (nSPS) is 12.0. The number of amides is 1. The summed E-state index contributed by atoms with van der Waals surface area (Å²) >= 11 is 5.77. The van der Waals surface area contributed by atoms with Crippen LogP contribution in [-0.2, 0) is 0 Å². The molecule has 5 nitrogen and oxygen atoms in total. The fourth-order valence-electron chi connectivity index (χ4n) is 1.91. The van der Waals surface area contributed by atoms with Gasteiger partial charge in [0.15, 0.2) is 0 Å². The van der Waals surface area contributed by atoms with Gasteiger partial charge in [0, 0.05) is 28.9 Å². The number of nitrogens with one attached hydrogen (secondary N) is 2. The zero-order valence-corrected chi connectivity index (χ0v) is 12.1. The average Bonchev–Trinajstić information content (AvgIpc) is 2.44. The number of carbonyl (C=O) groups is 1. The lowest BCUT2D eigenvalue weighted by molar-refractivity contribution is 0.0916. The van der Waals surface area contributed by atoms with Crippen molar-refractivity contribution < 1.29 is 9.90 Å². The van der Waals surface area contributed by atoms with E-state index in [1.165, 1.54) is 6.07 Å². The van der Waals surface area contributed by atoms with Crippen molar-refractivity contribution in [3.63, 3.8) is 0 Å². The van der Waals surface area contributed by atoms with E-state index < -0.39 is 12.0 Å². The molecule has 2 rings (SSSR count). The summed E-state index contributed by atoms with van der Waals surface area (Å²) in [6.07, 6.45) is -0.839. The fraction of sp³-hybridized carbons (Fsp3) is 0.200. The van der Waals surface area contributed by atoms with E-state index in [2.05, 4.69) is 10.3 Å². The maximum absolute atomic E-state index is 11.9. The second-order valence-corrected chi connectivity index (χ2v) is 5.13.